The number of hydrogen-bond donors (Lipinski definition) is 2. The number of aromatic nitrogens is 2. The summed E-state index contributed by atoms with van der Waals surface area (Å²) in [6, 6.07) is 5.39. The van der Waals surface area contributed by atoms with E-state index in [0.717, 1.165) is 11.0 Å². The lowest BCUT2D eigenvalue weighted by molar-refractivity contribution is 1.30. The Labute approximate surface area is 124 Å². The monoisotopic (exact) mass is 311 g/mol. The number of anilines is 2. The van der Waals surface area contributed by atoms with E-state index in [-0.39, 0.29) is 0 Å². The van der Waals surface area contributed by atoms with Gasteiger partial charge in [0.2, 0.25) is 5.95 Å². The van der Waals surface area contributed by atoms with Gasteiger partial charge in [0.1, 0.15) is 5.52 Å². The molecular weight excluding hydrogens is 301 g/mol. The highest BCUT2D eigenvalue weighted by Gasteiger charge is 2.12. The summed E-state index contributed by atoms with van der Waals surface area (Å²) < 4.78 is 0. The van der Waals surface area contributed by atoms with Crippen LogP contribution in [-0.4, -0.2) is 9.97 Å². The highest BCUT2D eigenvalue weighted by atomic mass is 35.5. The molecule has 0 spiro atoms. The van der Waals surface area contributed by atoms with Crippen molar-refractivity contribution in [3.63, 3.8) is 0 Å². The molecule has 6 heteroatoms. The third-order valence-electron chi connectivity index (χ3n) is 2.90. The fourth-order valence-corrected chi connectivity index (χ4v) is 3.45. The molecule has 0 fully saturated rings. The van der Waals surface area contributed by atoms with Gasteiger partial charge in [-0.2, -0.15) is 0 Å². The second-order valence-electron chi connectivity index (χ2n) is 4.25. The van der Waals surface area contributed by atoms with E-state index in [1.807, 2.05) is 6.07 Å². The van der Waals surface area contributed by atoms with Crippen LogP contribution in [-0.2, 0) is 0 Å². The zero-order valence-electron chi connectivity index (χ0n) is 10.3. The Bertz CT molecular complexity index is 706. The average molecular weight is 312 g/mol. The van der Waals surface area contributed by atoms with E-state index in [4.69, 9.17) is 23.2 Å². The van der Waals surface area contributed by atoms with Crippen molar-refractivity contribution in [3.8, 4) is 0 Å². The molecule has 0 atom stereocenters. The number of nitrogens with one attached hydrogen (secondary N) is 2. The number of imidazole rings is 1. The highest BCUT2D eigenvalue weighted by molar-refractivity contribution is 7.13. The molecule has 19 heavy (non-hydrogen) atoms. The summed E-state index contributed by atoms with van der Waals surface area (Å²) in [5, 5.41) is 4.28. The van der Waals surface area contributed by atoms with Crippen molar-refractivity contribution >= 4 is 57.2 Å². The lowest BCUT2D eigenvalue weighted by Crippen LogP contribution is -1.94. The fourth-order valence-electron chi connectivity index (χ4n) is 2.01. The van der Waals surface area contributed by atoms with Crippen LogP contribution in [0.4, 0.5) is 11.6 Å². The maximum absolute atomic E-state index is 6.13. The van der Waals surface area contributed by atoms with Crippen molar-refractivity contribution in [3.05, 3.63) is 38.0 Å². The maximum atomic E-state index is 6.13. The molecule has 98 valence electrons. The molecule has 1 aromatic carbocycles. The van der Waals surface area contributed by atoms with Crippen LogP contribution in [0.5, 0.6) is 0 Å². The second kappa shape index (κ2) is 4.71. The van der Waals surface area contributed by atoms with Crippen molar-refractivity contribution < 1.29 is 0 Å². The molecule has 0 aliphatic carbocycles. The number of benzene rings is 1. The van der Waals surface area contributed by atoms with Crippen LogP contribution >= 0.6 is 34.5 Å². The number of halogens is 2. The predicted molar refractivity (Wildman–Crippen MR) is 83.2 cm³/mol. The fraction of sp³-hybridized carbons (Fsp3) is 0.154. The van der Waals surface area contributed by atoms with Gasteiger partial charge in [-0.1, -0.05) is 29.3 Å². The van der Waals surface area contributed by atoms with Crippen molar-refractivity contribution in [2.24, 2.45) is 0 Å². The van der Waals surface area contributed by atoms with Crippen molar-refractivity contribution in [1.82, 2.24) is 9.97 Å². The Morgan fingerprint density at radius 3 is 2.47 bits per heavy atom. The molecule has 0 aliphatic heterocycles. The van der Waals surface area contributed by atoms with E-state index in [2.05, 4.69) is 29.1 Å². The van der Waals surface area contributed by atoms with Gasteiger partial charge in [-0.15, -0.1) is 11.3 Å². The van der Waals surface area contributed by atoms with Crippen LogP contribution < -0.4 is 5.32 Å². The largest absolute Gasteiger partial charge is 0.323 e. The van der Waals surface area contributed by atoms with Gasteiger partial charge in [0.15, 0.2) is 0 Å². The van der Waals surface area contributed by atoms with Crippen LogP contribution in [0.1, 0.15) is 9.75 Å². The number of rotatable bonds is 2. The minimum Gasteiger partial charge on any atom is -0.323 e. The van der Waals surface area contributed by atoms with E-state index in [1.54, 1.807) is 23.5 Å². The molecule has 0 bridgehead atoms. The van der Waals surface area contributed by atoms with E-state index in [0.29, 0.717) is 21.7 Å². The topological polar surface area (TPSA) is 40.7 Å². The summed E-state index contributed by atoms with van der Waals surface area (Å²) in [5.41, 5.74) is 2.72. The van der Waals surface area contributed by atoms with Crippen LogP contribution in [0.2, 0.25) is 10.0 Å². The summed E-state index contributed by atoms with van der Waals surface area (Å²) in [6.07, 6.45) is 0. The summed E-state index contributed by atoms with van der Waals surface area (Å²) >= 11 is 14.0. The molecule has 0 saturated carbocycles. The van der Waals surface area contributed by atoms with Gasteiger partial charge >= 0.3 is 0 Å². The van der Waals surface area contributed by atoms with Crippen LogP contribution in [0.15, 0.2) is 18.2 Å². The van der Waals surface area contributed by atoms with E-state index in [9.17, 15) is 0 Å². The quantitative estimate of drug-likeness (QED) is 0.675. The van der Waals surface area contributed by atoms with Gasteiger partial charge in [0.05, 0.1) is 21.2 Å². The number of thiophene rings is 1. The van der Waals surface area contributed by atoms with Crippen LogP contribution in [0.3, 0.4) is 0 Å². The number of fused-ring (bicyclic) bond motifs is 1. The molecule has 3 rings (SSSR count). The number of para-hydroxylation sites is 1. The molecule has 0 radical (unpaired) electrons. The first-order valence-electron chi connectivity index (χ1n) is 5.73. The molecule has 2 N–H and O–H groups in total. The van der Waals surface area contributed by atoms with Gasteiger partial charge < -0.3 is 10.3 Å². The molecule has 2 heterocycles. The Morgan fingerprint density at radius 1 is 1.16 bits per heavy atom. The van der Waals surface area contributed by atoms with Crippen molar-refractivity contribution in [2.75, 3.05) is 5.32 Å². The minimum atomic E-state index is 0.569. The average Bonchev–Trinajstić information content (AvgIpc) is 2.87. The minimum absolute atomic E-state index is 0.569. The van der Waals surface area contributed by atoms with Gasteiger partial charge in [-0.05, 0) is 26.0 Å². The molecule has 0 unspecified atom stereocenters. The maximum Gasteiger partial charge on any atom is 0.205 e. The standard InChI is InChI=1S/C13H11Cl2N3S/c1-6-10-11(7(2)19-6)17-13(16-10)18-12-8(14)4-3-5-9(12)15/h3-5H,1-2H3,(H2,16,17,18). The van der Waals surface area contributed by atoms with Crippen LogP contribution in [0, 0.1) is 13.8 Å². The van der Waals surface area contributed by atoms with Gasteiger partial charge in [0.25, 0.3) is 0 Å². The third-order valence-corrected chi connectivity index (χ3v) is 4.54. The summed E-state index contributed by atoms with van der Waals surface area (Å²) in [7, 11) is 0. The molecular formula is C13H11Cl2N3S. The number of hydrogen-bond acceptors (Lipinski definition) is 3. The Kier molecular flexibility index (Phi) is 3.17. The molecule has 2 aromatic heterocycles. The number of aryl methyl sites for hydroxylation is 2. The molecule has 3 nitrogen and oxygen atoms in total. The smallest absolute Gasteiger partial charge is 0.205 e. The Morgan fingerprint density at radius 2 is 1.84 bits per heavy atom. The molecule has 0 saturated heterocycles. The van der Waals surface area contributed by atoms with Gasteiger partial charge in [-0.25, -0.2) is 4.98 Å². The van der Waals surface area contributed by atoms with Crippen molar-refractivity contribution in [1.29, 1.82) is 0 Å². The number of H-pyrrole nitrogens is 1. The Balaban J connectivity index is 2.04. The number of aromatic amines is 1. The molecule has 0 aliphatic rings. The molecule has 0 amide bonds. The first-order valence-corrected chi connectivity index (χ1v) is 7.30. The van der Waals surface area contributed by atoms with Crippen molar-refractivity contribution in [2.45, 2.75) is 13.8 Å². The SMILES string of the molecule is Cc1sc(C)c2[nH]c(Nc3c(Cl)cccc3Cl)nc12. The second-order valence-corrected chi connectivity index (χ2v) is 6.49. The van der Waals surface area contributed by atoms with E-state index >= 15 is 0 Å². The van der Waals surface area contributed by atoms with E-state index < -0.39 is 0 Å². The normalized spacial score (nSPS) is 11.2. The highest BCUT2D eigenvalue weighted by Crippen LogP contribution is 2.34. The first-order chi connectivity index (χ1) is 9.06. The summed E-state index contributed by atoms with van der Waals surface area (Å²) in [4.78, 5) is 10.2. The lowest BCUT2D eigenvalue weighted by atomic mass is 10.3. The zero-order valence-corrected chi connectivity index (χ0v) is 12.7. The van der Waals surface area contributed by atoms with Gasteiger partial charge in [0, 0.05) is 9.75 Å². The van der Waals surface area contributed by atoms with Crippen LogP contribution in [0.25, 0.3) is 11.0 Å². The predicted octanol–water partition coefficient (Wildman–Crippen LogP) is 5.29. The lowest BCUT2D eigenvalue weighted by Gasteiger charge is -2.07. The zero-order chi connectivity index (χ0) is 13.6. The number of nitrogens with zero attached hydrogens (tertiary/aromatic N) is 1. The summed E-state index contributed by atoms with van der Waals surface area (Å²) in [6.45, 7) is 4.14. The third kappa shape index (κ3) is 2.20. The molecule has 3 aromatic rings. The van der Waals surface area contributed by atoms with E-state index in [1.165, 1.54) is 9.75 Å². The van der Waals surface area contributed by atoms with Gasteiger partial charge in [-0.3, -0.25) is 0 Å². The Hall–Kier alpha value is -1.23. The summed E-state index contributed by atoms with van der Waals surface area (Å²) in [5.74, 6) is 0.652. The first kappa shape index (κ1) is 12.8.